The van der Waals surface area contributed by atoms with Crippen LogP contribution in [0.3, 0.4) is 0 Å². The standard InChI is InChI=1S/C57H34/c1-4-18-40-35(14-1)17-13-24-43(40)50-33-38-28-29-39(54-42-20-6-3-16-37(42)32-49-41-19-5-2-15-36(41)30-31-46(49)54)34-48(38)56-55(50)47-23-9-12-27-53(47)57(56)51-25-10-7-21-44(51)45-22-8-11-26-52(45)57/h1-34H. The van der Waals surface area contributed by atoms with E-state index in [1.165, 1.54) is 121 Å². The second-order valence-corrected chi connectivity index (χ2v) is 15.9. The zero-order valence-electron chi connectivity index (χ0n) is 31.1. The molecular weight excluding hydrogens is 685 g/mol. The summed E-state index contributed by atoms with van der Waals surface area (Å²) in [4.78, 5) is 0. The maximum absolute atomic E-state index is 2.54. The molecular formula is C57H34. The van der Waals surface area contributed by atoms with Gasteiger partial charge in [-0.15, -0.1) is 0 Å². The molecule has 0 bridgehead atoms. The van der Waals surface area contributed by atoms with Gasteiger partial charge in [-0.25, -0.2) is 0 Å². The van der Waals surface area contributed by atoms with E-state index < -0.39 is 5.41 Å². The van der Waals surface area contributed by atoms with Crippen LogP contribution in [0.15, 0.2) is 206 Å². The third-order valence-corrected chi connectivity index (χ3v) is 13.2. The maximum atomic E-state index is 2.54. The zero-order chi connectivity index (χ0) is 37.2. The van der Waals surface area contributed by atoms with E-state index in [0.29, 0.717) is 0 Å². The third-order valence-electron chi connectivity index (χ3n) is 13.2. The molecule has 0 heteroatoms. The average Bonchev–Trinajstić information content (AvgIpc) is 3.76. The van der Waals surface area contributed by atoms with Crippen LogP contribution in [0.1, 0.15) is 22.3 Å². The average molecular weight is 719 g/mol. The first-order valence-electron chi connectivity index (χ1n) is 20.0. The van der Waals surface area contributed by atoms with E-state index in [1.54, 1.807) is 0 Å². The highest BCUT2D eigenvalue weighted by atomic mass is 14.5. The van der Waals surface area contributed by atoms with Gasteiger partial charge in [0.25, 0.3) is 0 Å². The Morgan fingerprint density at radius 1 is 0.246 bits per heavy atom. The van der Waals surface area contributed by atoms with E-state index in [1.807, 2.05) is 0 Å². The van der Waals surface area contributed by atoms with Gasteiger partial charge < -0.3 is 0 Å². The lowest BCUT2D eigenvalue weighted by atomic mass is 9.69. The van der Waals surface area contributed by atoms with Crippen LogP contribution < -0.4 is 0 Å². The molecule has 0 fully saturated rings. The summed E-state index contributed by atoms with van der Waals surface area (Å²) < 4.78 is 0. The van der Waals surface area contributed by atoms with Crippen LogP contribution in [0.25, 0.3) is 98.4 Å². The first kappa shape index (κ1) is 31.0. The molecule has 11 aromatic rings. The van der Waals surface area contributed by atoms with Crippen molar-refractivity contribution < 1.29 is 0 Å². The molecule has 0 nitrogen and oxygen atoms in total. The second-order valence-electron chi connectivity index (χ2n) is 15.9. The summed E-state index contributed by atoms with van der Waals surface area (Å²) in [5.41, 5.74) is 15.4. The van der Waals surface area contributed by atoms with Gasteiger partial charge in [0.05, 0.1) is 5.41 Å². The van der Waals surface area contributed by atoms with Gasteiger partial charge in [0.2, 0.25) is 0 Å². The van der Waals surface area contributed by atoms with E-state index >= 15 is 0 Å². The Hall–Kier alpha value is -7.28. The van der Waals surface area contributed by atoms with Crippen molar-refractivity contribution in [2.75, 3.05) is 0 Å². The first-order chi connectivity index (χ1) is 28.3. The topological polar surface area (TPSA) is 0 Å². The minimum Gasteiger partial charge on any atom is -0.0619 e. The molecule has 2 aliphatic carbocycles. The van der Waals surface area contributed by atoms with Gasteiger partial charge in [-0.2, -0.15) is 0 Å². The lowest BCUT2D eigenvalue weighted by molar-refractivity contribution is 0.801. The summed E-state index contributed by atoms with van der Waals surface area (Å²) in [6.07, 6.45) is 0. The number of hydrogen-bond donors (Lipinski definition) is 0. The fraction of sp³-hybridized carbons (Fsp3) is 0.0175. The van der Waals surface area contributed by atoms with Gasteiger partial charge in [-0.3, -0.25) is 0 Å². The number of fused-ring (bicyclic) bond motifs is 17. The Balaban J connectivity index is 1.23. The van der Waals surface area contributed by atoms with Crippen molar-refractivity contribution in [3.8, 4) is 44.5 Å². The van der Waals surface area contributed by atoms with Crippen molar-refractivity contribution in [1.29, 1.82) is 0 Å². The minimum atomic E-state index is -0.492. The highest BCUT2D eigenvalue weighted by molar-refractivity contribution is 6.21. The predicted octanol–water partition coefficient (Wildman–Crippen LogP) is 15.1. The van der Waals surface area contributed by atoms with E-state index in [2.05, 4.69) is 206 Å². The monoisotopic (exact) mass is 718 g/mol. The highest BCUT2D eigenvalue weighted by Gasteiger charge is 2.53. The van der Waals surface area contributed by atoms with Crippen LogP contribution >= 0.6 is 0 Å². The number of hydrogen-bond acceptors (Lipinski definition) is 0. The molecule has 0 aliphatic heterocycles. The van der Waals surface area contributed by atoms with Crippen LogP contribution in [0.5, 0.6) is 0 Å². The molecule has 0 saturated heterocycles. The summed E-state index contributed by atoms with van der Waals surface area (Å²) >= 11 is 0. The fourth-order valence-corrected chi connectivity index (χ4v) is 11.0. The Bertz CT molecular complexity index is 3480. The van der Waals surface area contributed by atoms with Gasteiger partial charge >= 0.3 is 0 Å². The molecule has 13 rings (SSSR count). The van der Waals surface area contributed by atoms with E-state index in [4.69, 9.17) is 0 Å². The molecule has 0 atom stereocenters. The molecule has 1 spiro atoms. The summed E-state index contributed by atoms with van der Waals surface area (Å²) in [6.45, 7) is 0. The van der Waals surface area contributed by atoms with Crippen molar-refractivity contribution in [2.24, 2.45) is 0 Å². The van der Waals surface area contributed by atoms with Gasteiger partial charge in [-0.05, 0) is 139 Å². The first-order valence-corrected chi connectivity index (χ1v) is 20.0. The van der Waals surface area contributed by atoms with Crippen LogP contribution in [-0.2, 0) is 5.41 Å². The molecule has 0 N–H and O–H groups in total. The lowest BCUT2D eigenvalue weighted by Crippen LogP contribution is -2.26. The van der Waals surface area contributed by atoms with Crippen LogP contribution in [0.2, 0.25) is 0 Å². The molecule has 0 heterocycles. The van der Waals surface area contributed by atoms with Crippen molar-refractivity contribution in [3.63, 3.8) is 0 Å². The molecule has 262 valence electrons. The lowest BCUT2D eigenvalue weighted by Gasteiger charge is -2.32. The molecule has 0 saturated carbocycles. The second kappa shape index (κ2) is 11.4. The van der Waals surface area contributed by atoms with Gasteiger partial charge in [-0.1, -0.05) is 188 Å². The van der Waals surface area contributed by atoms with Gasteiger partial charge in [0.1, 0.15) is 0 Å². The van der Waals surface area contributed by atoms with Crippen molar-refractivity contribution in [1.82, 2.24) is 0 Å². The van der Waals surface area contributed by atoms with Crippen LogP contribution in [0.4, 0.5) is 0 Å². The molecule has 0 radical (unpaired) electrons. The summed E-state index contributed by atoms with van der Waals surface area (Å²) in [5.74, 6) is 0. The van der Waals surface area contributed by atoms with Gasteiger partial charge in [0.15, 0.2) is 0 Å². The SMILES string of the molecule is c1ccc2c(c1)-c1ccccc1C21c2ccccc2-c2c(-c3cccc4ccccc34)cc3ccc(-c4c5ccccc5cc5c4ccc4ccccc45)cc3c21. The Labute approximate surface area is 330 Å². The third kappa shape index (κ3) is 4.02. The molecule has 57 heavy (non-hydrogen) atoms. The normalized spacial score (nSPS) is 13.4. The summed E-state index contributed by atoms with van der Waals surface area (Å²) in [5, 5.41) is 12.8. The van der Waals surface area contributed by atoms with Gasteiger partial charge in [0, 0.05) is 0 Å². The van der Waals surface area contributed by atoms with E-state index in [-0.39, 0.29) is 0 Å². The van der Waals surface area contributed by atoms with Crippen LogP contribution in [0, 0.1) is 0 Å². The predicted molar refractivity (Wildman–Crippen MR) is 241 cm³/mol. The largest absolute Gasteiger partial charge is 0.0731 e. The maximum Gasteiger partial charge on any atom is 0.0731 e. The molecule has 0 amide bonds. The van der Waals surface area contributed by atoms with Crippen molar-refractivity contribution in [3.05, 3.63) is 229 Å². The highest BCUT2D eigenvalue weighted by Crippen LogP contribution is 2.65. The number of benzene rings is 11. The Morgan fingerprint density at radius 3 is 1.53 bits per heavy atom. The van der Waals surface area contributed by atoms with Crippen molar-refractivity contribution in [2.45, 2.75) is 5.41 Å². The van der Waals surface area contributed by atoms with E-state index in [0.717, 1.165) is 0 Å². The summed E-state index contributed by atoms with van der Waals surface area (Å²) in [6, 6.07) is 77.8. The van der Waals surface area contributed by atoms with Crippen molar-refractivity contribution >= 4 is 53.9 Å². The Morgan fingerprint density at radius 2 is 0.772 bits per heavy atom. The smallest absolute Gasteiger partial charge is 0.0619 e. The summed E-state index contributed by atoms with van der Waals surface area (Å²) in [7, 11) is 0. The quantitative estimate of drug-likeness (QED) is 0.123. The number of rotatable bonds is 2. The molecule has 0 aromatic heterocycles. The van der Waals surface area contributed by atoms with Crippen LogP contribution in [-0.4, -0.2) is 0 Å². The molecule has 11 aromatic carbocycles. The Kier molecular flexibility index (Phi) is 6.19. The minimum absolute atomic E-state index is 0.492. The molecule has 2 aliphatic rings. The fourth-order valence-electron chi connectivity index (χ4n) is 11.0. The zero-order valence-corrected chi connectivity index (χ0v) is 31.1. The van der Waals surface area contributed by atoms with E-state index in [9.17, 15) is 0 Å². The molecule has 0 unspecified atom stereocenters.